The SMILES string of the molecule is O=C(Nc1cccnc1-n1cccn1)c1cc(Br)ccc1O. The van der Waals surface area contributed by atoms with Gasteiger partial charge in [-0.25, -0.2) is 9.67 Å². The zero-order chi connectivity index (χ0) is 15.5. The average Bonchev–Trinajstić information content (AvgIpc) is 3.04. The summed E-state index contributed by atoms with van der Waals surface area (Å²) < 4.78 is 2.25. The van der Waals surface area contributed by atoms with Crippen LogP contribution in [0.1, 0.15) is 10.4 Å². The molecule has 110 valence electrons. The molecular formula is C15H11BrN4O2. The number of nitrogens with zero attached hydrogens (tertiary/aromatic N) is 3. The molecule has 1 amide bonds. The maximum atomic E-state index is 12.4. The molecule has 2 heterocycles. The van der Waals surface area contributed by atoms with Gasteiger partial charge in [0.2, 0.25) is 0 Å². The van der Waals surface area contributed by atoms with Crippen LogP contribution in [0.25, 0.3) is 5.82 Å². The Labute approximate surface area is 134 Å². The van der Waals surface area contributed by atoms with Crippen molar-refractivity contribution >= 4 is 27.5 Å². The molecule has 0 saturated carbocycles. The van der Waals surface area contributed by atoms with Crippen molar-refractivity contribution in [2.24, 2.45) is 0 Å². The van der Waals surface area contributed by atoms with E-state index in [1.807, 2.05) is 0 Å². The number of aromatic hydroxyl groups is 1. The van der Waals surface area contributed by atoms with Crippen molar-refractivity contribution in [3.63, 3.8) is 0 Å². The number of rotatable bonds is 3. The molecule has 2 aromatic heterocycles. The minimum atomic E-state index is -0.430. The van der Waals surface area contributed by atoms with Crippen LogP contribution in [0.3, 0.4) is 0 Å². The molecule has 0 saturated heterocycles. The zero-order valence-corrected chi connectivity index (χ0v) is 12.9. The number of hydrogen-bond donors (Lipinski definition) is 2. The van der Waals surface area contributed by atoms with E-state index in [0.29, 0.717) is 16.0 Å². The molecule has 0 unspecified atom stereocenters. The molecule has 0 fully saturated rings. The number of anilines is 1. The average molecular weight is 359 g/mol. The third kappa shape index (κ3) is 2.84. The van der Waals surface area contributed by atoms with E-state index in [2.05, 4.69) is 31.3 Å². The fourth-order valence-electron chi connectivity index (χ4n) is 1.95. The van der Waals surface area contributed by atoms with Crippen LogP contribution in [0, 0.1) is 0 Å². The highest BCUT2D eigenvalue weighted by Gasteiger charge is 2.14. The van der Waals surface area contributed by atoms with Gasteiger partial charge in [-0.05, 0) is 36.4 Å². The molecule has 22 heavy (non-hydrogen) atoms. The summed E-state index contributed by atoms with van der Waals surface area (Å²) in [7, 11) is 0. The van der Waals surface area contributed by atoms with Crippen LogP contribution in [-0.4, -0.2) is 25.8 Å². The van der Waals surface area contributed by atoms with Crippen molar-refractivity contribution in [2.45, 2.75) is 0 Å². The summed E-state index contributed by atoms with van der Waals surface area (Å²) in [6.45, 7) is 0. The first kappa shape index (κ1) is 14.3. The van der Waals surface area contributed by atoms with Gasteiger partial charge in [-0.2, -0.15) is 5.10 Å². The van der Waals surface area contributed by atoms with Crippen molar-refractivity contribution in [3.8, 4) is 11.6 Å². The van der Waals surface area contributed by atoms with Gasteiger partial charge in [0.25, 0.3) is 5.91 Å². The first-order valence-electron chi connectivity index (χ1n) is 6.40. The van der Waals surface area contributed by atoms with E-state index in [4.69, 9.17) is 0 Å². The van der Waals surface area contributed by atoms with Gasteiger partial charge in [0.15, 0.2) is 5.82 Å². The fraction of sp³-hybridized carbons (Fsp3) is 0. The zero-order valence-electron chi connectivity index (χ0n) is 11.3. The number of phenols is 1. The highest BCUT2D eigenvalue weighted by molar-refractivity contribution is 9.10. The van der Waals surface area contributed by atoms with Crippen LogP contribution in [0.5, 0.6) is 5.75 Å². The van der Waals surface area contributed by atoms with E-state index < -0.39 is 5.91 Å². The summed E-state index contributed by atoms with van der Waals surface area (Å²) in [4.78, 5) is 16.6. The maximum Gasteiger partial charge on any atom is 0.259 e. The van der Waals surface area contributed by atoms with Gasteiger partial charge in [0, 0.05) is 23.1 Å². The van der Waals surface area contributed by atoms with Gasteiger partial charge < -0.3 is 10.4 Å². The van der Waals surface area contributed by atoms with E-state index in [9.17, 15) is 9.90 Å². The van der Waals surface area contributed by atoms with Gasteiger partial charge in [-0.1, -0.05) is 15.9 Å². The molecule has 0 aliphatic rings. The first-order valence-corrected chi connectivity index (χ1v) is 7.19. The predicted molar refractivity (Wildman–Crippen MR) is 85.1 cm³/mol. The highest BCUT2D eigenvalue weighted by atomic mass is 79.9. The summed E-state index contributed by atoms with van der Waals surface area (Å²) >= 11 is 3.28. The number of hydrogen-bond acceptors (Lipinski definition) is 4. The minimum Gasteiger partial charge on any atom is -0.507 e. The number of halogens is 1. The molecule has 1 aromatic carbocycles. The number of nitrogens with one attached hydrogen (secondary N) is 1. The van der Waals surface area contributed by atoms with E-state index in [1.165, 1.54) is 6.07 Å². The lowest BCUT2D eigenvalue weighted by Gasteiger charge is -2.11. The van der Waals surface area contributed by atoms with Crippen LogP contribution in [-0.2, 0) is 0 Å². The van der Waals surface area contributed by atoms with Crippen molar-refractivity contribution in [1.82, 2.24) is 14.8 Å². The molecule has 0 bridgehead atoms. The van der Waals surface area contributed by atoms with Gasteiger partial charge in [-0.15, -0.1) is 0 Å². The molecule has 0 radical (unpaired) electrons. The molecule has 6 nitrogen and oxygen atoms in total. The first-order chi connectivity index (χ1) is 10.6. The molecule has 7 heteroatoms. The van der Waals surface area contributed by atoms with Crippen LogP contribution in [0.2, 0.25) is 0 Å². The Morgan fingerprint density at radius 1 is 1.23 bits per heavy atom. The molecular weight excluding hydrogens is 348 g/mol. The lowest BCUT2D eigenvalue weighted by atomic mass is 10.2. The standard InChI is InChI=1S/C15H11BrN4O2/c16-10-4-5-13(21)11(9-10)15(22)19-12-3-1-6-17-14(12)20-8-2-7-18-20/h1-9,21H,(H,19,22). The topological polar surface area (TPSA) is 80.0 Å². The molecule has 2 N–H and O–H groups in total. The summed E-state index contributed by atoms with van der Waals surface area (Å²) in [5.74, 6) is -0.0271. The van der Waals surface area contributed by atoms with Crippen molar-refractivity contribution in [2.75, 3.05) is 5.32 Å². The molecule has 3 aromatic rings. The Hall–Kier alpha value is -2.67. The van der Waals surface area contributed by atoms with Crippen LogP contribution >= 0.6 is 15.9 Å². The van der Waals surface area contributed by atoms with Crippen molar-refractivity contribution in [1.29, 1.82) is 0 Å². The molecule has 0 spiro atoms. The Morgan fingerprint density at radius 2 is 2.09 bits per heavy atom. The van der Waals surface area contributed by atoms with Gasteiger partial charge in [0.1, 0.15) is 5.75 Å². The number of aromatic nitrogens is 3. The number of benzene rings is 1. The summed E-state index contributed by atoms with van der Waals surface area (Å²) in [5.41, 5.74) is 0.667. The Bertz CT molecular complexity index is 818. The monoisotopic (exact) mass is 358 g/mol. The number of phenolic OH excluding ortho intramolecular Hbond substituents is 1. The van der Waals surface area contributed by atoms with Crippen molar-refractivity contribution < 1.29 is 9.90 Å². The van der Waals surface area contributed by atoms with E-state index >= 15 is 0 Å². The summed E-state index contributed by atoms with van der Waals surface area (Å²) in [5, 5.41) is 16.7. The number of carbonyl (C=O) groups is 1. The summed E-state index contributed by atoms with van der Waals surface area (Å²) in [6, 6.07) is 9.86. The molecule has 3 rings (SSSR count). The Kier molecular flexibility index (Phi) is 3.88. The van der Waals surface area contributed by atoms with E-state index in [-0.39, 0.29) is 11.3 Å². The minimum absolute atomic E-state index is 0.0924. The third-order valence-electron chi connectivity index (χ3n) is 2.96. The van der Waals surface area contributed by atoms with E-state index in [0.717, 1.165) is 0 Å². The van der Waals surface area contributed by atoms with Gasteiger partial charge in [-0.3, -0.25) is 4.79 Å². The maximum absolute atomic E-state index is 12.4. The smallest absolute Gasteiger partial charge is 0.259 e. The third-order valence-corrected chi connectivity index (χ3v) is 3.45. The van der Waals surface area contributed by atoms with E-state index in [1.54, 1.807) is 53.6 Å². The summed E-state index contributed by atoms with van der Waals surface area (Å²) in [6.07, 6.45) is 4.97. The van der Waals surface area contributed by atoms with Crippen molar-refractivity contribution in [3.05, 3.63) is 65.0 Å². The molecule has 0 aliphatic heterocycles. The van der Waals surface area contributed by atoms with Crippen LogP contribution < -0.4 is 5.32 Å². The predicted octanol–water partition coefficient (Wildman–Crippen LogP) is 2.99. The second-order valence-corrected chi connectivity index (χ2v) is 5.36. The quantitative estimate of drug-likeness (QED) is 0.754. The lowest BCUT2D eigenvalue weighted by Crippen LogP contribution is -2.15. The largest absolute Gasteiger partial charge is 0.507 e. The fourth-order valence-corrected chi connectivity index (χ4v) is 2.31. The van der Waals surface area contributed by atoms with Gasteiger partial charge >= 0.3 is 0 Å². The van der Waals surface area contributed by atoms with Gasteiger partial charge in [0.05, 0.1) is 11.3 Å². The number of carbonyl (C=O) groups excluding carboxylic acids is 1. The van der Waals surface area contributed by atoms with Crippen LogP contribution in [0.4, 0.5) is 5.69 Å². The normalized spacial score (nSPS) is 10.4. The Balaban J connectivity index is 1.94. The lowest BCUT2D eigenvalue weighted by molar-refractivity contribution is 0.102. The second kappa shape index (κ2) is 5.98. The number of pyridine rings is 1. The second-order valence-electron chi connectivity index (χ2n) is 4.44. The van der Waals surface area contributed by atoms with Crippen LogP contribution in [0.15, 0.2) is 59.5 Å². The number of amides is 1. The molecule has 0 atom stereocenters. The molecule has 0 aliphatic carbocycles. The highest BCUT2D eigenvalue weighted by Crippen LogP contribution is 2.24. The Morgan fingerprint density at radius 3 is 2.86 bits per heavy atom.